The minimum atomic E-state index is -0.166. The highest BCUT2D eigenvalue weighted by molar-refractivity contribution is 6.06. The molecule has 0 unspecified atom stereocenters. The number of hydrogen-bond acceptors (Lipinski definition) is 4. The van der Waals surface area contributed by atoms with E-state index in [1.807, 2.05) is 61.5 Å². The van der Waals surface area contributed by atoms with Crippen molar-refractivity contribution < 1.29 is 9.53 Å². The minimum Gasteiger partial charge on any atom is -0.491 e. The summed E-state index contributed by atoms with van der Waals surface area (Å²) < 4.78 is 5.77. The van der Waals surface area contributed by atoms with Gasteiger partial charge >= 0.3 is 0 Å². The van der Waals surface area contributed by atoms with E-state index in [0.29, 0.717) is 17.9 Å². The molecule has 0 fully saturated rings. The molecule has 2 rings (SSSR count). The Labute approximate surface area is 174 Å². The maximum atomic E-state index is 12.6. The van der Waals surface area contributed by atoms with Gasteiger partial charge in [0.1, 0.15) is 12.4 Å². The molecule has 0 saturated heterocycles. The summed E-state index contributed by atoms with van der Waals surface area (Å²) in [6, 6.07) is 15.2. The summed E-state index contributed by atoms with van der Waals surface area (Å²) in [5.74, 6) is 0.437. The van der Waals surface area contributed by atoms with Gasteiger partial charge in [0.05, 0.1) is 5.56 Å². The van der Waals surface area contributed by atoms with Crippen LogP contribution in [0.2, 0.25) is 0 Å². The molecule has 0 heterocycles. The molecule has 0 aliphatic heterocycles. The van der Waals surface area contributed by atoms with E-state index in [0.717, 1.165) is 30.9 Å². The van der Waals surface area contributed by atoms with E-state index in [4.69, 9.17) is 4.74 Å². The van der Waals surface area contributed by atoms with Crippen LogP contribution in [0.1, 0.15) is 22.8 Å². The van der Waals surface area contributed by atoms with Gasteiger partial charge in [0.2, 0.25) is 0 Å². The largest absolute Gasteiger partial charge is 0.491 e. The van der Waals surface area contributed by atoms with Crippen molar-refractivity contribution in [2.24, 2.45) is 0 Å². The second-order valence-electron chi connectivity index (χ2n) is 6.08. The second-order valence-corrected chi connectivity index (χ2v) is 6.08. The number of anilines is 1. The van der Waals surface area contributed by atoms with Crippen molar-refractivity contribution in [2.75, 3.05) is 39.1 Å². The quantitative estimate of drug-likeness (QED) is 0.655. The Bertz CT molecular complexity index is 696. The van der Waals surface area contributed by atoms with Gasteiger partial charge in [-0.3, -0.25) is 4.79 Å². The number of para-hydroxylation sites is 1. The van der Waals surface area contributed by atoms with Gasteiger partial charge in [0, 0.05) is 18.8 Å². The fraction of sp³-hybridized carbons (Fsp3) is 0.350. The molecule has 150 valence electrons. The lowest BCUT2D eigenvalue weighted by Gasteiger charge is -2.14. The van der Waals surface area contributed by atoms with Crippen molar-refractivity contribution in [2.45, 2.75) is 13.5 Å². The fourth-order valence-corrected chi connectivity index (χ4v) is 2.35. The van der Waals surface area contributed by atoms with E-state index in [1.54, 1.807) is 6.07 Å². The van der Waals surface area contributed by atoms with Gasteiger partial charge in [-0.2, -0.15) is 0 Å². The van der Waals surface area contributed by atoms with Crippen LogP contribution < -0.4 is 15.4 Å². The zero-order valence-corrected chi connectivity index (χ0v) is 17.7. The number of carbonyl (C=O) groups is 1. The first-order valence-electron chi connectivity index (χ1n) is 8.57. The Hall–Kier alpha value is -1.79. The van der Waals surface area contributed by atoms with Crippen LogP contribution in [-0.2, 0) is 6.54 Å². The van der Waals surface area contributed by atoms with E-state index in [-0.39, 0.29) is 30.7 Å². The van der Waals surface area contributed by atoms with Crippen molar-refractivity contribution in [3.8, 4) is 5.75 Å². The Balaban J connectivity index is 0.00000338. The monoisotopic (exact) mass is 413 g/mol. The molecular weight excluding hydrogens is 385 g/mol. The molecule has 0 aromatic heterocycles. The smallest absolute Gasteiger partial charge is 0.259 e. The molecule has 0 atom stereocenters. The topological polar surface area (TPSA) is 53.6 Å². The number of nitrogens with one attached hydrogen (secondary N) is 2. The predicted octanol–water partition coefficient (Wildman–Crippen LogP) is 3.83. The van der Waals surface area contributed by atoms with Gasteiger partial charge in [0.25, 0.3) is 5.91 Å². The van der Waals surface area contributed by atoms with E-state index >= 15 is 0 Å². The Morgan fingerprint density at radius 2 is 1.81 bits per heavy atom. The molecule has 0 aliphatic carbocycles. The number of nitrogens with zero attached hydrogens (tertiary/aromatic N) is 1. The van der Waals surface area contributed by atoms with Crippen molar-refractivity contribution >= 4 is 36.4 Å². The van der Waals surface area contributed by atoms with Gasteiger partial charge in [-0.05, 0) is 50.5 Å². The highest BCUT2D eigenvalue weighted by atomic mass is 35.5. The highest BCUT2D eigenvalue weighted by Gasteiger charge is 2.12. The van der Waals surface area contributed by atoms with Crippen LogP contribution in [0.3, 0.4) is 0 Å². The van der Waals surface area contributed by atoms with Crippen LogP contribution in [0.25, 0.3) is 0 Å². The number of carbonyl (C=O) groups excluding carboxylic acids is 1. The van der Waals surface area contributed by atoms with E-state index in [9.17, 15) is 4.79 Å². The maximum Gasteiger partial charge on any atom is 0.259 e. The molecule has 7 heteroatoms. The normalized spacial score (nSPS) is 9.93. The van der Waals surface area contributed by atoms with Crippen molar-refractivity contribution in [3.05, 3.63) is 59.7 Å². The lowest BCUT2D eigenvalue weighted by atomic mass is 10.1. The van der Waals surface area contributed by atoms with E-state index < -0.39 is 0 Å². The number of ether oxygens (including phenoxy) is 1. The third kappa shape index (κ3) is 8.63. The molecule has 27 heavy (non-hydrogen) atoms. The molecule has 0 radical (unpaired) electrons. The third-order valence-electron chi connectivity index (χ3n) is 3.69. The van der Waals surface area contributed by atoms with Gasteiger partial charge in [-0.1, -0.05) is 31.2 Å². The molecule has 1 amide bonds. The highest BCUT2D eigenvalue weighted by Crippen LogP contribution is 2.20. The lowest BCUT2D eigenvalue weighted by Crippen LogP contribution is -2.20. The summed E-state index contributed by atoms with van der Waals surface area (Å²) in [5, 5.41) is 6.24. The van der Waals surface area contributed by atoms with Gasteiger partial charge < -0.3 is 20.3 Å². The Morgan fingerprint density at radius 1 is 1.07 bits per heavy atom. The van der Waals surface area contributed by atoms with Crippen LogP contribution in [0.4, 0.5) is 5.69 Å². The Morgan fingerprint density at radius 3 is 2.52 bits per heavy atom. The van der Waals surface area contributed by atoms with Crippen molar-refractivity contribution in [3.63, 3.8) is 0 Å². The molecular formula is C20H29Cl2N3O2. The summed E-state index contributed by atoms with van der Waals surface area (Å²) in [7, 11) is 3.98. The number of benzene rings is 2. The van der Waals surface area contributed by atoms with Crippen molar-refractivity contribution in [1.29, 1.82) is 0 Å². The molecule has 0 aliphatic rings. The average molecular weight is 414 g/mol. The predicted molar refractivity (Wildman–Crippen MR) is 117 cm³/mol. The number of amides is 1. The van der Waals surface area contributed by atoms with E-state index in [2.05, 4.69) is 17.6 Å². The van der Waals surface area contributed by atoms with Crippen LogP contribution in [0.15, 0.2) is 48.5 Å². The first-order valence-corrected chi connectivity index (χ1v) is 8.57. The van der Waals surface area contributed by atoms with Crippen LogP contribution in [0, 0.1) is 0 Å². The maximum absolute atomic E-state index is 12.6. The van der Waals surface area contributed by atoms with Crippen molar-refractivity contribution in [1.82, 2.24) is 10.2 Å². The minimum absolute atomic E-state index is 0. The summed E-state index contributed by atoms with van der Waals surface area (Å²) in [5.41, 5.74) is 2.46. The number of hydrogen-bond donors (Lipinski definition) is 2. The average Bonchev–Trinajstić information content (AvgIpc) is 2.60. The first-order chi connectivity index (χ1) is 12.1. The van der Waals surface area contributed by atoms with Crippen LogP contribution >= 0.6 is 24.8 Å². The number of likely N-dealkylation sites (N-methyl/N-ethyl adjacent to an activating group) is 1. The standard InChI is InChI=1S/C20H27N3O2.2ClH/c1-4-21-15-16-8-7-9-17(14-16)22-20(24)18-10-5-6-11-19(18)25-13-12-23(2)3;;/h5-11,14,21H,4,12-13,15H2,1-3H3,(H,22,24);2*1H. The lowest BCUT2D eigenvalue weighted by molar-refractivity contribution is 0.102. The molecule has 5 nitrogen and oxygen atoms in total. The summed E-state index contributed by atoms with van der Waals surface area (Å²) in [6.07, 6.45) is 0. The van der Waals surface area contributed by atoms with Crippen LogP contribution in [-0.4, -0.2) is 44.6 Å². The van der Waals surface area contributed by atoms with Crippen LogP contribution in [0.5, 0.6) is 5.75 Å². The van der Waals surface area contributed by atoms with Gasteiger partial charge in [0.15, 0.2) is 0 Å². The molecule has 2 aromatic rings. The fourth-order valence-electron chi connectivity index (χ4n) is 2.35. The van der Waals surface area contributed by atoms with E-state index in [1.165, 1.54) is 0 Å². The zero-order chi connectivity index (χ0) is 18.1. The van der Waals surface area contributed by atoms with Gasteiger partial charge in [-0.15, -0.1) is 24.8 Å². The zero-order valence-electron chi connectivity index (χ0n) is 16.0. The molecule has 0 saturated carbocycles. The number of halogens is 2. The molecule has 2 N–H and O–H groups in total. The number of rotatable bonds is 9. The summed E-state index contributed by atoms with van der Waals surface area (Å²) in [4.78, 5) is 14.7. The Kier molecular flexibility index (Phi) is 12.5. The summed E-state index contributed by atoms with van der Waals surface area (Å²) >= 11 is 0. The third-order valence-corrected chi connectivity index (χ3v) is 3.69. The molecule has 0 bridgehead atoms. The first kappa shape index (κ1) is 25.2. The SMILES string of the molecule is CCNCc1cccc(NC(=O)c2ccccc2OCCN(C)C)c1.Cl.Cl. The van der Waals surface area contributed by atoms with Gasteiger partial charge in [-0.25, -0.2) is 0 Å². The molecule has 0 spiro atoms. The second kappa shape index (κ2) is 13.4. The molecule has 2 aromatic carbocycles. The summed E-state index contributed by atoms with van der Waals surface area (Å²) in [6.45, 7) is 5.09.